The third kappa shape index (κ3) is 3.25. The summed E-state index contributed by atoms with van der Waals surface area (Å²) in [6.45, 7) is 3.95. The van der Waals surface area contributed by atoms with Crippen LogP contribution in [0.15, 0.2) is 30.3 Å². The lowest BCUT2D eigenvalue weighted by Gasteiger charge is -2.45. The van der Waals surface area contributed by atoms with Gasteiger partial charge < -0.3 is 24.1 Å². The number of rotatable bonds is 4. The number of aliphatic hydroxyl groups excluding tert-OH is 1. The summed E-state index contributed by atoms with van der Waals surface area (Å²) >= 11 is 0. The van der Waals surface area contributed by atoms with Crippen molar-refractivity contribution in [1.29, 1.82) is 0 Å². The molecule has 0 unspecified atom stereocenters. The van der Waals surface area contributed by atoms with Crippen molar-refractivity contribution in [2.24, 2.45) is 11.8 Å². The van der Waals surface area contributed by atoms with Crippen LogP contribution in [-0.4, -0.2) is 49.2 Å². The number of Topliss-reactive ketones (excluding diaryl/α,β-unsaturated/α-hetero) is 1. The van der Waals surface area contributed by atoms with Crippen molar-refractivity contribution in [3.63, 3.8) is 0 Å². The number of hydrogen-bond acceptors (Lipinski definition) is 6. The number of aliphatic hydroxyl groups is 1. The number of carbonyl (C=O) groups excluding carboxylic acids is 1. The molecule has 6 nitrogen and oxygen atoms in total. The normalized spacial score (nSPS) is 34.9. The molecule has 1 N–H and O–H groups in total. The van der Waals surface area contributed by atoms with Crippen LogP contribution in [0.2, 0.25) is 0 Å². The van der Waals surface area contributed by atoms with Crippen LogP contribution in [0.25, 0.3) is 0 Å². The highest BCUT2D eigenvalue weighted by Crippen LogP contribution is 2.36. The molecule has 0 aromatic heterocycles. The minimum Gasteiger partial charge on any atom is -0.392 e. The predicted molar refractivity (Wildman–Crippen MR) is 85.0 cm³/mol. The summed E-state index contributed by atoms with van der Waals surface area (Å²) < 4.78 is 22.7. The number of methoxy groups -OCH3 is 1. The molecule has 0 saturated carbocycles. The third-order valence-electron chi connectivity index (χ3n) is 4.59. The Labute approximate surface area is 141 Å². The molecule has 3 rings (SSSR count). The zero-order chi connectivity index (χ0) is 17.3. The maximum atomic E-state index is 13.0. The number of fused-ring (bicyclic) bond motifs is 1. The van der Waals surface area contributed by atoms with Gasteiger partial charge in [0.1, 0.15) is 12.2 Å². The molecule has 1 aromatic rings. The van der Waals surface area contributed by atoms with Gasteiger partial charge in [0.2, 0.25) is 0 Å². The smallest absolute Gasteiger partial charge is 0.184 e. The molecule has 6 atom stereocenters. The Hall–Kier alpha value is -1.31. The van der Waals surface area contributed by atoms with Crippen LogP contribution in [-0.2, 0) is 23.7 Å². The van der Waals surface area contributed by atoms with Crippen molar-refractivity contribution in [2.75, 3.05) is 13.7 Å². The second-order valence-corrected chi connectivity index (χ2v) is 6.57. The van der Waals surface area contributed by atoms with Gasteiger partial charge in [0.05, 0.1) is 18.6 Å². The summed E-state index contributed by atoms with van der Waals surface area (Å²) in [5.74, 6) is -1.06. The molecule has 132 valence electrons. The number of carbonyl (C=O) groups is 1. The molecule has 0 aliphatic carbocycles. The highest BCUT2D eigenvalue weighted by Gasteiger charge is 2.52. The Bertz CT molecular complexity index is 560. The molecule has 0 radical (unpaired) electrons. The lowest BCUT2D eigenvalue weighted by atomic mass is 9.83. The first-order valence-corrected chi connectivity index (χ1v) is 8.25. The average Bonchev–Trinajstić information content (AvgIpc) is 2.61. The fraction of sp³-hybridized carbons (Fsp3) is 0.611. The summed E-state index contributed by atoms with van der Waals surface area (Å²) in [5, 5.41) is 10.4. The van der Waals surface area contributed by atoms with Gasteiger partial charge in [0.15, 0.2) is 18.4 Å². The van der Waals surface area contributed by atoms with Gasteiger partial charge in [-0.15, -0.1) is 0 Å². The first-order valence-electron chi connectivity index (χ1n) is 8.25. The van der Waals surface area contributed by atoms with Crippen LogP contribution in [0.4, 0.5) is 0 Å². The molecule has 0 amide bonds. The van der Waals surface area contributed by atoms with E-state index in [1.807, 2.05) is 44.2 Å². The van der Waals surface area contributed by atoms with Gasteiger partial charge in [-0.1, -0.05) is 44.2 Å². The molecule has 2 heterocycles. The first kappa shape index (κ1) is 17.5. The monoisotopic (exact) mass is 336 g/mol. The summed E-state index contributed by atoms with van der Waals surface area (Å²) in [7, 11) is 1.47. The van der Waals surface area contributed by atoms with Gasteiger partial charge in [0.25, 0.3) is 0 Å². The van der Waals surface area contributed by atoms with Crippen molar-refractivity contribution >= 4 is 5.78 Å². The SMILES string of the molecule is CO[C@H]1O[C@@H]2CO[C@@H](c3ccccc3)O[C@H]2C(=O)[C@@H]1[C@H](O)C(C)C. The van der Waals surface area contributed by atoms with E-state index >= 15 is 0 Å². The Balaban J connectivity index is 1.80. The van der Waals surface area contributed by atoms with Crippen LogP contribution >= 0.6 is 0 Å². The molecule has 2 aliphatic rings. The fourth-order valence-corrected chi connectivity index (χ4v) is 3.20. The molecule has 0 bridgehead atoms. The van der Waals surface area contributed by atoms with Crippen molar-refractivity contribution in [3.8, 4) is 0 Å². The number of ether oxygens (including phenoxy) is 4. The van der Waals surface area contributed by atoms with E-state index in [9.17, 15) is 9.90 Å². The molecule has 0 spiro atoms. The topological polar surface area (TPSA) is 74.2 Å². The van der Waals surface area contributed by atoms with Crippen molar-refractivity contribution < 1.29 is 28.8 Å². The van der Waals surface area contributed by atoms with Gasteiger partial charge in [-0.05, 0) is 5.92 Å². The molecule has 6 heteroatoms. The van der Waals surface area contributed by atoms with Crippen LogP contribution in [0, 0.1) is 11.8 Å². The van der Waals surface area contributed by atoms with E-state index in [0.717, 1.165) is 5.56 Å². The summed E-state index contributed by atoms with van der Waals surface area (Å²) in [6, 6.07) is 9.45. The van der Waals surface area contributed by atoms with Crippen LogP contribution in [0.1, 0.15) is 25.7 Å². The third-order valence-corrected chi connectivity index (χ3v) is 4.59. The van der Waals surface area contributed by atoms with Gasteiger partial charge >= 0.3 is 0 Å². The number of benzene rings is 1. The Morgan fingerprint density at radius 2 is 1.92 bits per heavy atom. The van der Waals surface area contributed by atoms with Crippen LogP contribution in [0.3, 0.4) is 0 Å². The Kier molecular flexibility index (Phi) is 5.32. The van der Waals surface area contributed by atoms with E-state index < -0.39 is 36.8 Å². The van der Waals surface area contributed by atoms with Crippen molar-refractivity contribution in [3.05, 3.63) is 35.9 Å². The molecule has 2 fully saturated rings. The zero-order valence-electron chi connectivity index (χ0n) is 14.1. The largest absolute Gasteiger partial charge is 0.392 e. The van der Waals surface area contributed by atoms with Gasteiger partial charge in [-0.2, -0.15) is 0 Å². The average molecular weight is 336 g/mol. The quantitative estimate of drug-likeness (QED) is 0.902. The van der Waals surface area contributed by atoms with E-state index in [1.54, 1.807) is 0 Å². The highest BCUT2D eigenvalue weighted by atomic mass is 16.7. The second-order valence-electron chi connectivity index (χ2n) is 6.57. The Morgan fingerprint density at radius 3 is 2.54 bits per heavy atom. The van der Waals surface area contributed by atoms with Crippen LogP contribution < -0.4 is 0 Å². The van der Waals surface area contributed by atoms with E-state index in [-0.39, 0.29) is 18.3 Å². The molecular formula is C18H24O6. The summed E-state index contributed by atoms with van der Waals surface area (Å²) in [4.78, 5) is 13.0. The van der Waals surface area contributed by atoms with E-state index in [2.05, 4.69) is 0 Å². The molecular weight excluding hydrogens is 312 g/mol. The van der Waals surface area contributed by atoms with Crippen molar-refractivity contribution in [1.82, 2.24) is 0 Å². The van der Waals surface area contributed by atoms with Crippen LogP contribution in [0.5, 0.6) is 0 Å². The first-order chi connectivity index (χ1) is 11.5. The minimum absolute atomic E-state index is 0.0958. The minimum atomic E-state index is -0.856. The maximum Gasteiger partial charge on any atom is 0.184 e. The molecule has 1 aromatic carbocycles. The van der Waals surface area contributed by atoms with Gasteiger partial charge in [-0.3, -0.25) is 4.79 Å². The summed E-state index contributed by atoms with van der Waals surface area (Å²) in [6.07, 6.45) is -3.57. The van der Waals surface area contributed by atoms with Crippen molar-refractivity contribution in [2.45, 2.75) is 44.7 Å². The van der Waals surface area contributed by atoms with E-state index in [1.165, 1.54) is 7.11 Å². The standard InChI is InChI=1S/C18H24O6/c1-10(2)14(19)13-15(20)16-12(23-18(13)21-3)9-22-17(24-16)11-7-5-4-6-8-11/h4-8,10,12-14,16-19H,9H2,1-3H3/t12-,13+,14-,16-,17-,18+/m1/s1. The number of ketones is 1. The highest BCUT2D eigenvalue weighted by molar-refractivity contribution is 5.87. The molecule has 2 saturated heterocycles. The lowest BCUT2D eigenvalue weighted by Crippen LogP contribution is -2.60. The molecule has 2 aliphatic heterocycles. The maximum absolute atomic E-state index is 13.0. The molecule has 24 heavy (non-hydrogen) atoms. The number of hydrogen-bond donors (Lipinski definition) is 1. The fourth-order valence-electron chi connectivity index (χ4n) is 3.20. The van der Waals surface area contributed by atoms with E-state index in [0.29, 0.717) is 0 Å². The summed E-state index contributed by atoms with van der Waals surface area (Å²) in [5.41, 5.74) is 0.846. The van der Waals surface area contributed by atoms with E-state index in [4.69, 9.17) is 18.9 Å². The predicted octanol–water partition coefficient (Wildman–Crippen LogP) is 1.67. The van der Waals surface area contributed by atoms with Gasteiger partial charge in [-0.25, -0.2) is 0 Å². The van der Waals surface area contributed by atoms with Gasteiger partial charge in [0, 0.05) is 12.7 Å². The second kappa shape index (κ2) is 7.29. The Morgan fingerprint density at radius 1 is 1.21 bits per heavy atom. The zero-order valence-corrected chi connectivity index (χ0v) is 14.1. The lowest BCUT2D eigenvalue weighted by molar-refractivity contribution is -0.314.